The topological polar surface area (TPSA) is 184 Å². The SMILES string of the molecule is COC(=O)N[C@H](C(=O)NN(Cc1ccc(-c2cnccn2)cc1)C[C@H](O)[C@H](Cc1ccccc1)NC(=O)[C@@H](NC(=O)OC)C(C)(C)C)C(C)C. The highest BCUT2D eigenvalue weighted by Gasteiger charge is 2.36. The van der Waals surface area contributed by atoms with Crippen LogP contribution in [0.1, 0.15) is 45.7 Å². The Morgan fingerprint density at radius 3 is 2.04 bits per heavy atom. The summed E-state index contributed by atoms with van der Waals surface area (Å²) in [5.41, 5.74) is 5.35. The van der Waals surface area contributed by atoms with Crippen molar-refractivity contribution in [1.29, 1.82) is 0 Å². The highest BCUT2D eigenvalue weighted by Crippen LogP contribution is 2.21. The summed E-state index contributed by atoms with van der Waals surface area (Å²) in [6.07, 6.45) is 2.36. The van der Waals surface area contributed by atoms with E-state index in [9.17, 15) is 24.3 Å². The number of hydrogen-bond acceptors (Lipinski definition) is 10. The number of carbonyl (C=O) groups is 4. The minimum Gasteiger partial charge on any atom is -0.453 e. The lowest BCUT2D eigenvalue weighted by Gasteiger charge is -2.34. The van der Waals surface area contributed by atoms with Crippen LogP contribution < -0.4 is 21.4 Å². The van der Waals surface area contributed by atoms with Crippen molar-refractivity contribution < 1.29 is 33.8 Å². The number of benzene rings is 2. The number of ether oxygens (including phenoxy) is 2. The summed E-state index contributed by atoms with van der Waals surface area (Å²) in [5.74, 6) is -1.33. The second-order valence-corrected chi connectivity index (χ2v) is 13.3. The van der Waals surface area contributed by atoms with E-state index >= 15 is 0 Å². The van der Waals surface area contributed by atoms with Crippen LogP contribution in [-0.2, 0) is 32.0 Å². The Hall–Kier alpha value is -5.08. The third kappa shape index (κ3) is 12.1. The van der Waals surface area contributed by atoms with Gasteiger partial charge in [0.15, 0.2) is 0 Å². The molecule has 5 N–H and O–H groups in total. The fourth-order valence-corrected chi connectivity index (χ4v) is 5.17. The maximum Gasteiger partial charge on any atom is 0.407 e. The molecular weight excluding hydrogens is 642 g/mol. The lowest BCUT2D eigenvalue weighted by Crippen LogP contribution is -2.60. The molecule has 270 valence electrons. The Labute approximate surface area is 293 Å². The molecule has 50 heavy (non-hydrogen) atoms. The van der Waals surface area contributed by atoms with E-state index in [1.54, 1.807) is 53.2 Å². The third-order valence-electron chi connectivity index (χ3n) is 7.94. The van der Waals surface area contributed by atoms with E-state index in [1.165, 1.54) is 19.2 Å². The zero-order valence-electron chi connectivity index (χ0n) is 29.7. The van der Waals surface area contributed by atoms with Crippen LogP contribution in [0.5, 0.6) is 0 Å². The number of aromatic nitrogens is 2. The number of aliphatic hydroxyl groups excluding tert-OH is 1. The third-order valence-corrected chi connectivity index (χ3v) is 7.94. The second kappa shape index (κ2) is 18.6. The van der Waals surface area contributed by atoms with Crippen molar-refractivity contribution in [2.24, 2.45) is 11.3 Å². The lowest BCUT2D eigenvalue weighted by molar-refractivity contribution is -0.131. The van der Waals surface area contributed by atoms with Crippen molar-refractivity contribution in [3.05, 3.63) is 84.3 Å². The van der Waals surface area contributed by atoms with Gasteiger partial charge in [-0.1, -0.05) is 89.2 Å². The number of carbonyl (C=O) groups excluding carboxylic acids is 4. The van der Waals surface area contributed by atoms with Gasteiger partial charge in [-0.05, 0) is 28.9 Å². The van der Waals surface area contributed by atoms with E-state index in [1.807, 2.05) is 54.6 Å². The second-order valence-electron chi connectivity index (χ2n) is 13.3. The van der Waals surface area contributed by atoms with Crippen molar-refractivity contribution in [1.82, 2.24) is 36.4 Å². The van der Waals surface area contributed by atoms with E-state index in [0.717, 1.165) is 16.7 Å². The Balaban J connectivity index is 1.93. The van der Waals surface area contributed by atoms with Crippen molar-refractivity contribution in [3.63, 3.8) is 0 Å². The summed E-state index contributed by atoms with van der Waals surface area (Å²) in [6, 6.07) is 14.1. The number of hydrogen-bond donors (Lipinski definition) is 5. The maximum absolute atomic E-state index is 13.7. The van der Waals surface area contributed by atoms with Gasteiger partial charge in [0.2, 0.25) is 5.91 Å². The van der Waals surface area contributed by atoms with Gasteiger partial charge >= 0.3 is 12.2 Å². The normalized spacial score (nSPS) is 13.8. The number of nitrogens with one attached hydrogen (secondary N) is 4. The number of rotatable bonds is 15. The summed E-state index contributed by atoms with van der Waals surface area (Å²) in [7, 11) is 2.43. The molecule has 0 aliphatic carbocycles. The molecule has 4 amide bonds. The number of hydrazine groups is 1. The molecule has 0 aliphatic rings. The smallest absolute Gasteiger partial charge is 0.407 e. The molecule has 3 aromatic rings. The quantitative estimate of drug-likeness (QED) is 0.148. The van der Waals surface area contributed by atoms with Crippen LogP contribution >= 0.6 is 0 Å². The van der Waals surface area contributed by atoms with Crippen molar-refractivity contribution in [2.45, 2.75) is 71.8 Å². The Kier molecular flexibility index (Phi) is 14.7. The number of alkyl carbamates (subject to hydrolysis) is 2. The van der Waals surface area contributed by atoms with E-state index in [2.05, 4.69) is 31.3 Å². The van der Waals surface area contributed by atoms with Crippen LogP contribution in [0.25, 0.3) is 11.3 Å². The first kappa shape index (κ1) is 39.4. The summed E-state index contributed by atoms with van der Waals surface area (Å²) in [6.45, 7) is 9.01. The zero-order valence-corrected chi connectivity index (χ0v) is 29.7. The average Bonchev–Trinajstić information content (AvgIpc) is 3.09. The van der Waals surface area contributed by atoms with Crippen LogP contribution in [-0.4, -0.2) is 89.1 Å². The van der Waals surface area contributed by atoms with Gasteiger partial charge in [0.1, 0.15) is 12.1 Å². The number of aliphatic hydroxyl groups is 1. The van der Waals surface area contributed by atoms with Crippen LogP contribution in [0.2, 0.25) is 0 Å². The van der Waals surface area contributed by atoms with Gasteiger partial charge in [-0.15, -0.1) is 0 Å². The van der Waals surface area contributed by atoms with Gasteiger partial charge < -0.3 is 30.5 Å². The molecule has 4 atom stereocenters. The van der Waals surface area contributed by atoms with Gasteiger partial charge in [-0.3, -0.25) is 25.0 Å². The molecule has 0 radical (unpaired) electrons. The van der Waals surface area contributed by atoms with E-state index in [4.69, 9.17) is 9.47 Å². The van der Waals surface area contributed by atoms with Crippen molar-refractivity contribution >= 4 is 24.0 Å². The average molecular weight is 692 g/mol. The number of methoxy groups -OCH3 is 2. The predicted molar refractivity (Wildman–Crippen MR) is 187 cm³/mol. The molecule has 0 saturated carbocycles. The summed E-state index contributed by atoms with van der Waals surface area (Å²) in [4.78, 5) is 60.0. The molecule has 0 aliphatic heterocycles. The van der Waals surface area contributed by atoms with Gasteiger partial charge in [0.25, 0.3) is 5.91 Å². The van der Waals surface area contributed by atoms with Gasteiger partial charge in [-0.25, -0.2) is 14.6 Å². The molecule has 1 aromatic heterocycles. The van der Waals surface area contributed by atoms with Crippen LogP contribution in [0.4, 0.5) is 9.59 Å². The van der Waals surface area contributed by atoms with Gasteiger partial charge in [-0.2, -0.15) is 0 Å². The maximum atomic E-state index is 13.7. The molecule has 0 fully saturated rings. The van der Waals surface area contributed by atoms with E-state index in [0.29, 0.717) is 5.69 Å². The molecule has 0 unspecified atom stereocenters. The molecule has 1 heterocycles. The molecule has 3 rings (SSSR count). The highest BCUT2D eigenvalue weighted by atomic mass is 16.5. The predicted octanol–water partition coefficient (Wildman–Crippen LogP) is 3.22. The summed E-state index contributed by atoms with van der Waals surface area (Å²) >= 11 is 0. The standard InChI is InChI=1S/C36H49N7O7/c1-23(2)30(40-34(47)49-6)32(45)42-43(21-25-13-15-26(16-14-25)28-20-37-17-18-38-28)22-29(44)27(19-24-11-9-8-10-12-24)39-33(46)31(36(3,4)5)41-35(48)50-7/h8-18,20,23,27,29-31,44H,19,21-22H2,1-7H3,(H,39,46)(H,40,47)(H,41,48)(H,42,45)/t27-,29-,30-,31+/m0/s1. The largest absolute Gasteiger partial charge is 0.453 e. The first-order valence-electron chi connectivity index (χ1n) is 16.3. The Bertz CT molecular complexity index is 1530. The first-order chi connectivity index (χ1) is 23.7. The fourth-order valence-electron chi connectivity index (χ4n) is 5.17. The monoisotopic (exact) mass is 691 g/mol. The van der Waals surface area contributed by atoms with Crippen LogP contribution in [0.15, 0.2) is 73.2 Å². The lowest BCUT2D eigenvalue weighted by atomic mass is 9.85. The molecule has 0 bridgehead atoms. The first-order valence-corrected chi connectivity index (χ1v) is 16.3. The zero-order chi connectivity index (χ0) is 36.8. The van der Waals surface area contributed by atoms with Gasteiger partial charge in [0, 0.05) is 31.0 Å². The minimum atomic E-state index is -1.22. The number of amides is 4. The minimum absolute atomic E-state index is 0.122. The van der Waals surface area contributed by atoms with Gasteiger partial charge in [0.05, 0.1) is 38.3 Å². The molecular formula is C36H49N7O7. The molecule has 0 spiro atoms. The van der Waals surface area contributed by atoms with E-state index < -0.39 is 53.6 Å². The van der Waals surface area contributed by atoms with Crippen molar-refractivity contribution in [3.8, 4) is 11.3 Å². The highest BCUT2D eigenvalue weighted by molar-refractivity contribution is 5.87. The van der Waals surface area contributed by atoms with Crippen molar-refractivity contribution in [2.75, 3.05) is 20.8 Å². The molecule has 0 saturated heterocycles. The van der Waals surface area contributed by atoms with E-state index in [-0.39, 0.29) is 25.4 Å². The molecule has 14 heteroatoms. The van der Waals surface area contributed by atoms with Crippen LogP contribution in [0, 0.1) is 11.3 Å². The molecule has 14 nitrogen and oxygen atoms in total. The Morgan fingerprint density at radius 2 is 1.48 bits per heavy atom. The number of nitrogens with zero attached hydrogens (tertiary/aromatic N) is 3. The Morgan fingerprint density at radius 1 is 0.840 bits per heavy atom. The van der Waals surface area contributed by atoms with Crippen LogP contribution in [0.3, 0.4) is 0 Å². The fraction of sp³-hybridized carbons (Fsp3) is 0.444. The molecule has 2 aromatic carbocycles. The summed E-state index contributed by atoms with van der Waals surface area (Å²) < 4.78 is 9.48. The summed E-state index contributed by atoms with van der Waals surface area (Å²) in [5, 5.41) is 21.4.